The van der Waals surface area contributed by atoms with Gasteiger partial charge in [-0.05, 0) is 42.8 Å². The number of nitrogens with one attached hydrogen (secondary N) is 2. The molecule has 9 heteroatoms. The summed E-state index contributed by atoms with van der Waals surface area (Å²) >= 11 is 0. The first kappa shape index (κ1) is 18.2. The van der Waals surface area contributed by atoms with Gasteiger partial charge in [0.2, 0.25) is 5.95 Å². The molecule has 0 atom stereocenters. The standard InChI is InChI=1S/C20H18N6O3/c1-11-9-12(29-2)7-8-15(11)26(19(28)17-16(18(21)27)22-10-23-17)20-24-13-5-3-4-6-14(13)25-20/h3-10H,1-2H3,(H2,21,27)(H,22,23)(H,24,25). The van der Waals surface area contributed by atoms with Gasteiger partial charge in [0.15, 0.2) is 5.69 Å². The molecule has 0 unspecified atom stereocenters. The fourth-order valence-electron chi connectivity index (χ4n) is 3.13. The third-order valence-electron chi connectivity index (χ3n) is 4.52. The molecule has 0 radical (unpaired) electrons. The lowest BCUT2D eigenvalue weighted by Gasteiger charge is -2.22. The van der Waals surface area contributed by atoms with Crippen LogP contribution in [0.1, 0.15) is 26.5 Å². The number of benzene rings is 2. The zero-order valence-electron chi connectivity index (χ0n) is 15.8. The number of carbonyl (C=O) groups excluding carboxylic acids is 2. The van der Waals surface area contributed by atoms with Gasteiger partial charge in [0.05, 0.1) is 30.2 Å². The van der Waals surface area contributed by atoms with Gasteiger partial charge in [-0.1, -0.05) is 12.1 Å². The summed E-state index contributed by atoms with van der Waals surface area (Å²) in [4.78, 5) is 40.8. The molecule has 0 aliphatic heterocycles. The third kappa shape index (κ3) is 3.18. The average Bonchev–Trinajstić information content (AvgIpc) is 3.36. The van der Waals surface area contributed by atoms with Crippen molar-refractivity contribution in [3.05, 3.63) is 65.7 Å². The van der Waals surface area contributed by atoms with Crippen molar-refractivity contribution in [1.29, 1.82) is 0 Å². The Morgan fingerprint density at radius 2 is 1.97 bits per heavy atom. The van der Waals surface area contributed by atoms with Crippen molar-refractivity contribution in [3.63, 3.8) is 0 Å². The van der Waals surface area contributed by atoms with Crippen LogP contribution in [-0.2, 0) is 0 Å². The Hall–Kier alpha value is -4.14. The van der Waals surface area contributed by atoms with E-state index in [1.54, 1.807) is 25.3 Å². The highest BCUT2D eigenvalue weighted by atomic mass is 16.5. The quantitative estimate of drug-likeness (QED) is 0.482. The molecular weight excluding hydrogens is 372 g/mol. The van der Waals surface area contributed by atoms with E-state index in [-0.39, 0.29) is 11.4 Å². The average molecular weight is 390 g/mol. The number of hydrogen-bond acceptors (Lipinski definition) is 5. The van der Waals surface area contributed by atoms with Gasteiger partial charge in [-0.25, -0.2) is 14.9 Å². The van der Waals surface area contributed by atoms with Gasteiger partial charge in [-0.3, -0.25) is 9.59 Å². The zero-order chi connectivity index (χ0) is 20.5. The van der Waals surface area contributed by atoms with Gasteiger partial charge in [-0.15, -0.1) is 0 Å². The summed E-state index contributed by atoms with van der Waals surface area (Å²) in [7, 11) is 1.57. The molecule has 0 aliphatic rings. The molecule has 2 amide bonds. The van der Waals surface area contributed by atoms with Crippen LogP contribution in [0.4, 0.5) is 11.6 Å². The fraction of sp³-hybridized carbons (Fsp3) is 0.100. The Morgan fingerprint density at radius 3 is 2.66 bits per heavy atom. The van der Waals surface area contributed by atoms with Crippen molar-refractivity contribution in [2.45, 2.75) is 6.92 Å². The molecule has 0 saturated carbocycles. The molecular formula is C20H18N6O3. The number of nitrogens with zero attached hydrogens (tertiary/aromatic N) is 3. The second-order valence-corrected chi connectivity index (χ2v) is 6.36. The number of ether oxygens (including phenoxy) is 1. The van der Waals surface area contributed by atoms with Crippen LogP contribution >= 0.6 is 0 Å². The molecule has 2 aromatic carbocycles. The van der Waals surface area contributed by atoms with Crippen molar-refractivity contribution >= 4 is 34.5 Å². The number of amides is 2. The summed E-state index contributed by atoms with van der Waals surface area (Å²) < 4.78 is 5.26. The van der Waals surface area contributed by atoms with Crippen molar-refractivity contribution in [1.82, 2.24) is 19.9 Å². The predicted molar refractivity (Wildman–Crippen MR) is 107 cm³/mol. The van der Waals surface area contributed by atoms with Crippen LogP contribution < -0.4 is 15.4 Å². The van der Waals surface area contributed by atoms with Crippen molar-refractivity contribution in [3.8, 4) is 5.75 Å². The summed E-state index contributed by atoms with van der Waals surface area (Å²) in [6.07, 6.45) is 1.25. The number of methoxy groups -OCH3 is 1. The molecule has 2 aromatic heterocycles. The number of para-hydroxylation sites is 2. The van der Waals surface area contributed by atoms with E-state index in [9.17, 15) is 9.59 Å². The van der Waals surface area contributed by atoms with E-state index in [0.29, 0.717) is 22.9 Å². The zero-order valence-corrected chi connectivity index (χ0v) is 15.8. The minimum Gasteiger partial charge on any atom is -0.497 e. The normalized spacial score (nSPS) is 10.8. The second kappa shape index (κ2) is 7.12. The van der Waals surface area contributed by atoms with Gasteiger partial charge < -0.3 is 20.4 Å². The van der Waals surface area contributed by atoms with Gasteiger partial charge in [0.1, 0.15) is 11.4 Å². The largest absolute Gasteiger partial charge is 0.497 e. The predicted octanol–water partition coefficient (Wildman–Crippen LogP) is 2.68. The van der Waals surface area contributed by atoms with Crippen LogP contribution in [0.2, 0.25) is 0 Å². The number of aromatic amines is 2. The highest BCUT2D eigenvalue weighted by molar-refractivity contribution is 6.14. The third-order valence-corrected chi connectivity index (χ3v) is 4.52. The number of fused-ring (bicyclic) bond motifs is 1. The second-order valence-electron chi connectivity index (χ2n) is 6.36. The smallest absolute Gasteiger partial charge is 0.284 e. The van der Waals surface area contributed by atoms with Crippen LogP contribution in [0, 0.1) is 6.92 Å². The summed E-state index contributed by atoms with van der Waals surface area (Å²) in [5.74, 6) is -0.369. The van der Waals surface area contributed by atoms with E-state index < -0.39 is 11.8 Å². The molecule has 146 valence electrons. The fourth-order valence-corrected chi connectivity index (χ4v) is 3.13. The van der Waals surface area contributed by atoms with Crippen LogP contribution in [0.15, 0.2) is 48.8 Å². The number of H-pyrrole nitrogens is 2. The first-order valence-electron chi connectivity index (χ1n) is 8.76. The van der Waals surface area contributed by atoms with Crippen LogP contribution in [-0.4, -0.2) is 38.9 Å². The van der Waals surface area contributed by atoms with Crippen molar-refractivity contribution < 1.29 is 14.3 Å². The molecule has 0 fully saturated rings. The maximum Gasteiger partial charge on any atom is 0.284 e. The van der Waals surface area contributed by atoms with E-state index in [1.165, 1.54) is 11.2 Å². The maximum absolute atomic E-state index is 13.5. The summed E-state index contributed by atoms with van der Waals surface area (Å²) in [5.41, 5.74) is 8.03. The summed E-state index contributed by atoms with van der Waals surface area (Å²) in [6, 6.07) is 12.7. The van der Waals surface area contributed by atoms with Gasteiger partial charge in [0, 0.05) is 0 Å². The minimum absolute atomic E-state index is 0.0202. The summed E-state index contributed by atoms with van der Waals surface area (Å²) in [6.45, 7) is 1.85. The number of rotatable bonds is 5. The van der Waals surface area contributed by atoms with Gasteiger partial charge >= 0.3 is 0 Å². The number of nitrogens with two attached hydrogens (primary N) is 1. The Balaban J connectivity index is 1.90. The molecule has 4 N–H and O–H groups in total. The van der Waals surface area contributed by atoms with E-state index >= 15 is 0 Å². The molecule has 9 nitrogen and oxygen atoms in total. The molecule has 0 spiro atoms. The van der Waals surface area contributed by atoms with Gasteiger partial charge in [0.25, 0.3) is 11.8 Å². The van der Waals surface area contributed by atoms with Crippen molar-refractivity contribution in [2.24, 2.45) is 5.73 Å². The molecule has 0 bridgehead atoms. The lowest BCUT2D eigenvalue weighted by Crippen LogP contribution is -2.30. The highest BCUT2D eigenvalue weighted by Gasteiger charge is 2.29. The first-order valence-corrected chi connectivity index (χ1v) is 8.76. The number of anilines is 2. The van der Waals surface area contributed by atoms with Crippen LogP contribution in [0.3, 0.4) is 0 Å². The molecule has 29 heavy (non-hydrogen) atoms. The number of imidazole rings is 2. The Kier molecular flexibility index (Phi) is 4.47. The Labute approximate surface area is 165 Å². The van der Waals surface area contributed by atoms with Gasteiger partial charge in [-0.2, -0.15) is 0 Å². The summed E-state index contributed by atoms with van der Waals surface area (Å²) in [5, 5.41) is 0. The molecule has 0 aliphatic carbocycles. The maximum atomic E-state index is 13.5. The highest BCUT2D eigenvalue weighted by Crippen LogP contribution is 2.32. The number of carbonyl (C=O) groups is 2. The lowest BCUT2D eigenvalue weighted by molar-refractivity contribution is 0.0961. The Bertz CT molecular complexity index is 1190. The SMILES string of the molecule is COc1ccc(N(C(=O)c2[nH]cnc2C(N)=O)c2nc3ccccc3[nH]2)c(C)c1. The number of hydrogen-bond donors (Lipinski definition) is 3. The van der Waals surface area contributed by atoms with Crippen LogP contribution in [0.5, 0.6) is 5.75 Å². The lowest BCUT2D eigenvalue weighted by atomic mass is 10.1. The number of aromatic nitrogens is 4. The minimum atomic E-state index is -0.800. The van der Waals surface area contributed by atoms with E-state index in [0.717, 1.165) is 11.1 Å². The van der Waals surface area contributed by atoms with E-state index in [1.807, 2.05) is 31.2 Å². The number of primary amides is 1. The molecule has 4 aromatic rings. The molecule has 0 saturated heterocycles. The molecule has 4 rings (SSSR count). The van der Waals surface area contributed by atoms with E-state index in [2.05, 4.69) is 19.9 Å². The topological polar surface area (TPSA) is 130 Å². The Morgan fingerprint density at radius 1 is 1.17 bits per heavy atom. The molecule has 2 heterocycles. The van der Waals surface area contributed by atoms with E-state index in [4.69, 9.17) is 10.5 Å². The first-order chi connectivity index (χ1) is 14.0. The van der Waals surface area contributed by atoms with Crippen molar-refractivity contribution in [2.75, 3.05) is 12.0 Å². The monoisotopic (exact) mass is 390 g/mol. The number of aryl methyl sites for hydroxylation is 1. The van der Waals surface area contributed by atoms with Crippen LogP contribution in [0.25, 0.3) is 11.0 Å².